The van der Waals surface area contributed by atoms with E-state index in [0.29, 0.717) is 11.5 Å². The molecule has 32 heavy (non-hydrogen) atoms. The second kappa shape index (κ2) is 9.02. The van der Waals surface area contributed by atoms with E-state index in [2.05, 4.69) is 10.0 Å². The molecule has 3 aromatic rings. The van der Waals surface area contributed by atoms with Gasteiger partial charge in [-0.3, -0.25) is 4.79 Å². The van der Waals surface area contributed by atoms with E-state index in [4.69, 9.17) is 9.47 Å². The van der Waals surface area contributed by atoms with Gasteiger partial charge in [-0.05, 0) is 60.9 Å². The summed E-state index contributed by atoms with van der Waals surface area (Å²) in [6.07, 6.45) is 0. The molecule has 0 aliphatic carbocycles. The number of hydrogen-bond donors (Lipinski definition) is 2. The molecule has 1 heterocycles. The van der Waals surface area contributed by atoms with Gasteiger partial charge in [-0.1, -0.05) is 36.4 Å². The van der Waals surface area contributed by atoms with Crippen LogP contribution in [0, 0.1) is 6.92 Å². The smallest absolute Gasteiger partial charge is 0.251 e. The molecular formula is C24H24N2O5S. The predicted octanol–water partition coefficient (Wildman–Crippen LogP) is 3.69. The van der Waals surface area contributed by atoms with Crippen LogP contribution in [0.25, 0.3) is 0 Å². The van der Waals surface area contributed by atoms with Gasteiger partial charge in [0.25, 0.3) is 5.91 Å². The van der Waals surface area contributed by atoms with E-state index in [1.54, 1.807) is 30.3 Å². The Hall–Kier alpha value is -3.36. The summed E-state index contributed by atoms with van der Waals surface area (Å²) in [6.45, 7) is 4.12. The van der Waals surface area contributed by atoms with Crippen molar-refractivity contribution in [2.24, 2.45) is 0 Å². The maximum atomic E-state index is 12.8. The van der Waals surface area contributed by atoms with Crippen LogP contribution < -0.4 is 19.5 Å². The highest BCUT2D eigenvalue weighted by Gasteiger charge is 2.19. The minimum Gasteiger partial charge on any atom is -0.454 e. The van der Waals surface area contributed by atoms with E-state index >= 15 is 0 Å². The van der Waals surface area contributed by atoms with E-state index in [0.717, 1.165) is 16.7 Å². The molecule has 1 aliphatic heterocycles. The first-order valence-electron chi connectivity index (χ1n) is 10.2. The summed E-state index contributed by atoms with van der Waals surface area (Å²) in [5.74, 6) is 0.881. The lowest BCUT2D eigenvalue weighted by Gasteiger charge is -2.17. The Bertz CT molecular complexity index is 1260. The van der Waals surface area contributed by atoms with Crippen molar-refractivity contribution >= 4 is 15.9 Å². The number of sulfonamides is 1. The fourth-order valence-corrected chi connectivity index (χ4v) is 4.61. The van der Waals surface area contributed by atoms with Crippen molar-refractivity contribution in [2.45, 2.75) is 31.3 Å². The maximum absolute atomic E-state index is 12.8. The third-order valence-corrected chi connectivity index (χ3v) is 6.71. The zero-order valence-corrected chi connectivity index (χ0v) is 18.6. The Kier molecular flexibility index (Phi) is 6.16. The van der Waals surface area contributed by atoms with Crippen LogP contribution in [-0.2, 0) is 16.6 Å². The summed E-state index contributed by atoms with van der Waals surface area (Å²) < 4.78 is 38.8. The molecule has 166 valence electrons. The molecule has 0 saturated heterocycles. The largest absolute Gasteiger partial charge is 0.454 e. The second-order valence-corrected chi connectivity index (χ2v) is 9.36. The molecule has 0 bridgehead atoms. The number of carbonyl (C=O) groups excluding carboxylic acids is 1. The second-order valence-electron chi connectivity index (χ2n) is 7.59. The zero-order chi connectivity index (χ0) is 22.7. The lowest BCUT2D eigenvalue weighted by Crippen LogP contribution is -2.28. The molecule has 0 unspecified atom stereocenters. The summed E-state index contributed by atoms with van der Waals surface area (Å²) in [7, 11) is -3.82. The van der Waals surface area contributed by atoms with Gasteiger partial charge in [0, 0.05) is 12.1 Å². The van der Waals surface area contributed by atoms with Gasteiger partial charge in [-0.15, -0.1) is 0 Å². The topological polar surface area (TPSA) is 93.7 Å². The number of carbonyl (C=O) groups is 1. The van der Waals surface area contributed by atoms with Gasteiger partial charge < -0.3 is 14.8 Å². The van der Waals surface area contributed by atoms with Crippen molar-refractivity contribution < 1.29 is 22.7 Å². The molecule has 8 heteroatoms. The Morgan fingerprint density at radius 1 is 1.00 bits per heavy atom. The van der Waals surface area contributed by atoms with Crippen LogP contribution in [0.4, 0.5) is 0 Å². The quantitative estimate of drug-likeness (QED) is 0.570. The predicted molar refractivity (Wildman–Crippen MR) is 120 cm³/mol. The van der Waals surface area contributed by atoms with Gasteiger partial charge in [0.1, 0.15) is 0 Å². The average molecular weight is 453 g/mol. The zero-order valence-electron chi connectivity index (χ0n) is 17.8. The molecule has 3 aromatic carbocycles. The first-order valence-corrected chi connectivity index (χ1v) is 11.7. The number of amides is 1. The van der Waals surface area contributed by atoms with Gasteiger partial charge in [0.15, 0.2) is 11.5 Å². The molecule has 0 aromatic heterocycles. The van der Waals surface area contributed by atoms with Gasteiger partial charge in [0.2, 0.25) is 16.8 Å². The average Bonchev–Trinajstić information content (AvgIpc) is 3.26. The van der Waals surface area contributed by atoms with E-state index in [9.17, 15) is 13.2 Å². The van der Waals surface area contributed by atoms with Crippen LogP contribution in [0.5, 0.6) is 11.5 Å². The van der Waals surface area contributed by atoms with E-state index < -0.39 is 10.0 Å². The molecule has 0 radical (unpaired) electrons. The third-order valence-electron chi connectivity index (χ3n) is 5.31. The molecule has 1 atom stereocenters. The highest BCUT2D eigenvalue weighted by molar-refractivity contribution is 7.89. The molecule has 1 aliphatic rings. The van der Waals surface area contributed by atoms with Crippen LogP contribution >= 0.6 is 0 Å². The lowest BCUT2D eigenvalue weighted by atomic mass is 10.0. The Morgan fingerprint density at radius 3 is 2.59 bits per heavy atom. The summed E-state index contributed by atoms with van der Waals surface area (Å²) in [4.78, 5) is 12.8. The lowest BCUT2D eigenvalue weighted by molar-refractivity contribution is 0.0939. The molecule has 0 spiro atoms. The number of hydrogen-bond acceptors (Lipinski definition) is 5. The SMILES string of the molecule is Cc1ccccc1[C@H](C)NC(=O)c1cccc(S(=O)(=O)NCc2ccc3c(c2)OCO3)c1. The van der Waals surface area contributed by atoms with Crippen molar-refractivity contribution in [3.05, 3.63) is 89.0 Å². The van der Waals surface area contributed by atoms with E-state index in [1.165, 1.54) is 12.1 Å². The van der Waals surface area contributed by atoms with Crippen molar-refractivity contribution in [1.29, 1.82) is 0 Å². The van der Waals surface area contributed by atoms with Crippen LogP contribution in [0.3, 0.4) is 0 Å². The molecular weight excluding hydrogens is 428 g/mol. The first kappa shape index (κ1) is 21.9. The normalized spacial score (nSPS) is 13.6. The third kappa shape index (κ3) is 4.76. The summed E-state index contributed by atoms with van der Waals surface area (Å²) in [5, 5.41) is 2.93. The number of rotatable bonds is 7. The number of fused-ring (bicyclic) bond motifs is 1. The fourth-order valence-electron chi connectivity index (χ4n) is 3.55. The van der Waals surface area contributed by atoms with E-state index in [-0.39, 0.29) is 35.7 Å². The van der Waals surface area contributed by atoms with E-state index in [1.807, 2.05) is 38.1 Å². The highest BCUT2D eigenvalue weighted by atomic mass is 32.2. The molecule has 2 N–H and O–H groups in total. The molecule has 0 fully saturated rings. The Balaban J connectivity index is 1.45. The minimum absolute atomic E-state index is 0.0226. The van der Waals surface area contributed by atoms with Gasteiger partial charge >= 0.3 is 0 Å². The monoisotopic (exact) mass is 452 g/mol. The van der Waals surface area contributed by atoms with Crippen molar-refractivity contribution in [3.8, 4) is 11.5 Å². The molecule has 1 amide bonds. The summed E-state index contributed by atoms with van der Waals surface area (Å²) in [6, 6.07) is 18.8. The summed E-state index contributed by atoms with van der Waals surface area (Å²) >= 11 is 0. The summed E-state index contributed by atoms with van der Waals surface area (Å²) in [5.41, 5.74) is 3.09. The maximum Gasteiger partial charge on any atom is 0.251 e. The minimum atomic E-state index is -3.82. The van der Waals surface area contributed by atoms with Crippen LogP contribution in [0.2, 0.25) is 0 Å². The van der Waals surface area contributed by atoms with Crippen LogP contribution in [0.15, 0.2) is 71.6 Å². The van der Waals surface area contributed by atoms with Gasteiger partial charge in [0.05, 0.1) is 10.9 Å². The number of nitrogens with one attached hydrogen (secondary N) is 2. The standard InChI is InChI=1S/C24H24N2O5S/c1-16-6-3-4-9-21(16)17(2)26-24(27)19-7-5-8-20(13-19)32(28,29)25-14-18-10-11-22-23(12-18)31-15-30-22/h3-13,17,25H,14-15H2,1-2H3,(H,26,27)/t17-/m0/s1. The number of benzene rings is 3. The van der Waals surface area contributed by atoms with Crippen molar-refractivity contribution in [2.75, 3.05) is 6.79 Å². The molecule has 4 rings (SSSR count). The Morgan fingerprint density at radius 2 is 1.78 bits per heavy atom. The molecule has 0 saturated carbocycles. The van der Waals surface area contributed by atoms with Crippen LogP contribution in [-0.4, -0.2) is 21.1 Å². The highest BCUT2D eigenvalue weighted by Crippen LogP contribution is 2.32. The molecule has 7 nitrogen and oxygen atoms in total. The fraction of sp³-hybridized carbons (Fsp3) is 0.208. The van der Waals surface area contributed by atoms with Gasteiger partial charge in [-0.25, -0.2) is 13.1 Å². The number of aryl methyl sites for hydroxylation is 1. The number of ether oxygens (including phenoxy) is 2. The van der Waals surface area contributed by atoms with Crippen molar-refractivity contribution in [3.63, 3.8) is 0 Å². The van der Waals surface area contributed by atoms with Crippen LogP contribution in [0.1, 0.15) is 40.0 Å². The van der Waals surface area contributed by atoms with Gasteiger partial charge in [-0.2, -0.15) is 0 Å². The van der Waals surface area contributed by atoms with Crippen molar-refractivity contribution in [1.82, 2.24) is 10.0 Å². The Labute approximate surface area is 187 Å². The first-order chi connectivity index (χ1) is 15.3.